The molecule has 0 aliphatic carbocycles. The summed E-state index contributed by atoms with van der Waals surface area (Å²) < 4.78 is 10.4. The standard InChI is InChI=1S/C19H21N3O4S/c1-25-14-4-2-13(3-5-14)15-10-17(23)21-19(16(15)11-20)27-12-18(24)22-6-8-26-9-7-22/h2-5,15H,6-10,12H2,1H3,(H,21,23)/t15-/m0/s1. The number of nitrogens with zero attached hydrogens (tertiary/aromatic N) is 2. The van der Waals surface area contributed by atoms with Gasteiger partial charge < -0.3 is 19.7 Å². The maximum atomic E-state index is 12.4. The summed E-state index contributed by atoms with van der Waals surface area (Å²) in [7, 11) is 1.59. The predicted octanol–water partition coefficient (Wildman–Crippen LogP) is 1.63. The van der Waals surface area contributed by atoms with E-state index in [0.717, 1.165) is 5.56 Å². The smallest absolute Gasteiger partial charge is 0.233 e. The van der Waals surface area contributed by atoms with Crippen molar-refractivity contribution in [1.82, 2.24) is 10.2 Å². The van der Waals surface area contributed by atoms with Crippen LogP contribution in [0, 0.1) is 11.3 Å². The fourth-order valence-corrected chi connectivity index (χ4v) is 4.07. The largest absolute Gasteiger partial charge is 0.497 e. The lowest BCUT2D eigenvalue weighted by Crippen LogP contribution is -2.42. The number of benzene rings is 1. The van der Waals surface area contributed by atoms with Gasteiger partial charge in [0, 0.05) is 25.4 Å². The average Bonchev–Trinajstić information content (AvgIpc) is 2.72. The van der Waals surface area contributed by atoms with Crippen LogP contribution in [-0.2, 0) is 14.3 Å². The van der Waals surface area contributed by atoms with Gasteiger partial charge in [-0.05, 0) is 17.7 Å². The Labute approximate surface area is 162 Å². The molecule has 1 aromatic rings. The van der Waals surface area contributed by atoms with Gasteiger partial charge in [-0.15, -0.1) is 0 Å². The van der Waals surface area contributed by atoms with E-state index in [2.05, 4.69) is 11.4 Å². The first-order valence-corrected chi connectivity index (χ1v) is 9.67. The third-order valence-corrected chi connectivity index (χ3v) is 5.58. The van der Waals surface area contributed by atoms with E-state index in [1.54, 1.807) is 12.0 Å². The number of allylic oxidation sites excluding steroid dienone is 1. The Morgan fingerprint density at radius 2 is 2.07 bits per heavy atom. The Kier molecular flexibility index (Phi) is 6.37. The molecular formula is C19H21N3O4S. The zero-order valence-electron chi connectivity index (χ0n) is 15.1. The van der Waals surface area contributed by atoms with Crippen molar-refractivity contribution < 1.29 is 19.1 Å². The fraction of sp³-hybridized carbons (Fsp3) is 0.421. The Bertz CT molecular complexity index is 779. The molecule has 1 aromatic carbocycles. The van der Waals surface area contributed by atoms with E-state index in [9.17, 15) is 14.9 Å². The number of hydrogen-bond acceptors (Lipinski definition) is 6. The number of rotatable bonds is 5. The first-order valence-electron chi connectivity index (χ1n) is 8.68. The molecule has 2 aliphatic rings. The molecule has 1 N–H and O–H groups in total. The lowest BCUT2D eigenvalue weighted by molar-refractivity contribution is -0.132. The molecule has 0 spiro atoms. The van der Waals surface area contributed by atoms with Crippen LogP contribution in [0.25, 0.3) is 0 Å². The number of hydrogen-bond donors (Lipinski definition) is 1. The van der Waals surface area contributed by atoms with Crippen molar-refractivity contribution in [2.24, 2.45) is 0 Å². The normalized spacial score (nSPS) is 20.1. The maximum Gasteiger partial charge on any atom is 0.233 e. The summed E-state index contributed by atoms with van der Waals surface area (Å²) >= 11 is 1.21. The van der Waals surface area contributed by atoms with Crippen LogP contribution < -0.4 is 10.1 Å². The molecule has 0 aromatic heterocycles. The number of morpholine rings is 1. The molecule has 8 heteroatoms. The highest BCUT2D eigenvalue weighted by Crippen LogP contribution is 2.36. The molecule has 1 atom stereocenters. The summed E-state index contributed by atoms with van der Waals surface area (Å²) in [5.74, 6) is 0.392. The zero-order chi connectivity index (χ0) is 19.2. The van der Waals surface area contributed by atoms with E-state index in [-0.39, 0.29) is 29.9 Å². The van der Waals surface area contributed by atoms with E-state index < -0.39 is 0 Å². The Morgan fingerprint density at radius 1 is 1.37 bits per heavy atom. The van der Waals surface area contributed by atoms with Crippen LogP contribution in [0.4, 0.5) is 0 Å². The third kappa shape index (κ3) is 4.62. The van der Waals surface area contributed by atoms with Crippen molar-refractivity contribution in [2.75, 3.05) is 39.2 Å². The highest BCUT2D eigenvalue weighted by Gasteiger charge is 2.30. The molecule has 142 valence electrons. The summed E-state index contributed by atoms with van der Waals surface area (Å²) in [5.41, 5.74) is 1.36. The van der Waals surface area contributed by atoms with Gasteiger partial charge in [-0.2, -0.15) is 5.26 Å². The van der Waals surface area contributed by atoms with E-state index >= 15 is 0 Å². The van der Waals surface area contributed by atoms with Gasteiger partial charge in [0.1, 0.15) is 5.75 Å². The first kappa shape index (κ1) is 19.3. The van der Waals surface area contributed by atoms with E-state index in [1.165, 1.54) is 11.8 Å². The van der Waals surface area contributed by atoms with Gasteiger partial charge >= 0.3 is 0 Å². The topological polar surface area (TPSA) is 91.7 Å². The third-order valence-electron chi connectivity index (χ3n) is 4.58. The number of nitrogens with one attached hydrogen (secondary N) is 1. The second-order valence-corrected chi connectivity index (χ2v) is 7.20. The molecule has 2 heterocycles. The van der Waals surface area contributed by atoms with E-state index in [4.69, 9.17) is 9.47 Å². The van der Waals surface area contributed by atoms with Crippen LogP contribution in [0.15, 0.2) is 34.9 Å². The molecule has 1 saturated heterocycles. The number of methoxy groups -OCH3 is 1. The molecule has 7 nitrogen and oxygen atoms in total. The summed E-state index contributed by atoms with van der Waals surface area (Å²) in [5, 5.41) is 12.9. The number of thioether (sulfide) groups is 1. The van der Waals surface area contributed by atoms with Crippen LogP contribution in [-0.4, -0.2) is 55.9 Å². The van der Waals surface area contributed by atoms with Gasteiger partial charge in [-0.3, -0.25) is 9.59 Å². The molecule has 0 radical (unpaired) electrons. The van der Waals surface area contributed by atoms with Gasteiger partial charge in [0.05, 0.1) is 42.7 Å². The molecule has 2 aliphatic heterocycles. The molecule has 0 saturated carbocycles. The number of amides is 2. The Balaban J connectivity index is 1.76. The fourth-order valence-electron chi connectivity index (χ4n) is 3.09. The Morgan fingerprint density at radius 3 is 2.70 bits per heavy atom. The highest BCUT2D eigenvalue weighted by molar-refractivity contribution is 8.03. The van der Waals surface area contributed by atoms with Crippen LogP contribution in [0.3, 0.4) is 0 Å². The minimum Gasteiger partial charge on any atom is -0.497 e. The van der Waals surface area contributed by atoms with Crippen molar-refractivity contribution >= 4 is 23.6 Å². The van der Waals surface area contributed by atoms with Crippen molar-refractivity contribution in [3.8, 4) is 11.8 Å². The molecule has 2 amide bonds. The number of carbonyl (C=O) groups is 2. The van der Waals surface area contributed by atoms with Gasteiger partial charge in [0.25, 0.3) is 0 Å². The molecule has 0 unspecified atom stereocenters. The number of ether oxygens (including phenoxy) is 2. The molecule has 1 fully saturated rings. The minimum atomic E-state index is -0.323. The maximum absolute atomic E-state index is 12.4. The van der Waals surface area contributed by atoms with Crippen molar-refractivity contribution in [3.05, 3.63) is 40.4 Å². The first-order chi connectivity index (χ1) is 13.1. The monoisotopic (exact) mass is 387 g/mol. The van der Waals surface area contributed by atoms with Crippen molar-refractivity contribution in [1.29, 1.82) is 5.26 Å². The molecule has 0 bridgehead atoms. The van der Waals surface area contributed by atoms with E-state index in [1.807, 2.05) is 24.3 Å². The lowest BCUT2D eigenvalue weighted by atomic mass is 9.87. The summed E-state index contributed by atoms with van der Waals surface area (Å²) in [4.78, 5) is 26.3. The van der Waals surface area contributed by atoms with Crippen molar-refractivity contribution in [2.45, 2.75) is 12.3 Å². The van der Waals surface area contributed by atoms with Gasteiger partial charge in [-0.1, -0.05) is 23.9 Å². The van der Waals surface area contributed by atoms with Gasteiger partial charge in [0.2, 0.25) is 11.8 Å². The second kappa shape index (κ2) is 8.93. The van der Waals surface area contributed by atoms with Crippen LogP contribution in [0.1, 0.15) is 17.9 Å². The van der Waals surface area contributed by atoms with Crippen LogP contribution >= 0.6 is 11.8 Å². The van der Waals surface area contributed by atoms with Crippen LogP contribution in [0.2, 0.25) is 0 Å². The summed E-state index contributed by atoms with van der Waals surface area (Å²) in [6, 6.07) is 9.57. The number of nitriles is 1. The quantitative estimate of drug-likeness (QED) is 0.826. The summed E-state index contributed by atoms with van der Waals surface area (Å²) in [6.07, 6.45) is 0.205. The Hall–Kier alpha value is -2.50. The molecule has 3 rings (SSSR count). The number of carbonyl (C=O) groups excluding carboxylic acids is 2. The van der Waals surface area contributed by atoms with Crippen molar-refractivity contribution in [3.63, 3.8) is 0 Å². The predicted molar refractivity (Wildman–Crippen MR) is 101 cm³/mol. The molecular weight excluding hydrogens is 366 g/mol. The summed E-state index contributed by atoms with van der Waals surface area (Å²) in [6.45, 7) is 2.23. The lowest BCUT2D eigenvalue weighted by Gasteiger charge is -2.28. The average molecular weight is 387 g/mol. The SMILES string of the molecule is COc1ccc([C@@H]2CC(=O)NC(SCC(=O)N3CCOCC3)=C2C#N)cc1. The minimum absolute atomic E-state index is 0.0195. The highest BCUT2D eigenvalue weighted by atomic mass is 32.2. The molecule has 27 heavy (non-hydrogen) atoms. The second-order valence-electron chi connectivity index (χ2n) is 6.21. The zero-order valence-corrected chi connectivity index (χ0v) is 15.9. The van der Waals surface area contributed by atoms with Crippen LogP contribution in [0.5, 0.6) is 5.75 Å². The van der Waals surface area contributed by atoms with E-state index in [0.29, 0.717) is 42.7 Å². The van der Waals surface area contributed by atoms with Gasteiger partial charge in [-0.25, -0.2) is 0 Å². The van der Waals surface area contributed by atoms with Gasteiger partial charge in [0.15, 0.2) is 0 Å².